The van der Waals surface area contributed by atoms with Crippen LogP contribution >= 0.6 is 0 Å². The van der Waals surface area contributed by atoms with Crippen molar-refractivity contribution >= 4 is 11.9 Å². The molecule has 0 bridgehead atoms. The molecule has 1 unspecified atom stereocenters. The minimum atomic E-state index is -0.269. The smallest absolute Gasteiger partial charge is 0.307 e. The molecule has 0 aromatic heterocycles. The van der Waals surface area contributed by atoms with E-state index in [-0.39, 0.29) is 18.0 Å². The maximum absolute atomic E-state index is 12.0. The lowest BCUT2D eigenvalue weighted by Crippen LogP contribution is -2.18. The number of ether oxygens (including phenoxy) is 2. The highest BCUT2D eigenvalue weighted by Crippen LogP contribution is 2.12. The highest BCUT2D eigenvalue weighted by atomic mass is 16.5. The Balaban J connectivity index is 3.65. The van der Waals surface area contributed by atoms with Crippen molar-refractivity contribution in [3.8, 4) is 11.8 Å². The number of carbonyl (C=O) groups is 2. The molecular weight excluding hydrogens is 352 g/mol. The summed E-state index contributed by atoms with van der Waals surface area (Å²) < 4.78 is 10.7. The zero-order valence-corrected chi connectivity index (χ0v) is 18.7. The van der Waals surface area contributed by atoms with Gasteiger partial charge in [-0.15, -0.1) is 0 Å². The van der Waals surface area contributed by atoms with Crippen LogP contribution in [-0.4, -0.2) is 24.6 Å². The van der Waals surface area contributed by atoms with Crippen LogP contribution in [0.1, 0.15) is 111 Å². The van der Waals surface area contributed by atoms with Crippen molar-refractivity contribution in [1.29, 1.82) is 0 Å². The number of unbranched alkanes of at least 4 members (excludes halogenated alkanes) is 7. The van der Waals surface area contributed by atoms with Gasteiger partial charge >= 0.3 is 11.9 Å². The average molecular weight is 395 g/mol. The number of hydrogen-bond acceptors (Lipinski definition) is 4. The largest absolute Gasteiger partial charge is 0.466 e. The van der Waals surface area contributed by atoms with E-state index in [4.69, 9.17) is 9.47 Å². The van der Waals surface area contributed by atoms with Crippen LogP contribution in [0.3, 0.4) is 0 Å². The molecule has 0 heterocycles. The lowest BCUT2D eigenvalue weighted by Gasteiger charge is -2.14. The van der Waals surface area contributed by atoms with Crippen LogP contribution in [0.5, 0.6) is 0 Å². The highest BCUT2D eigenvalue weighted by Gasteiger charge is 2.13. The van der Waals surface area contributed by atoms with Crippen LogP contribution in [0.2, 0.25) is 0 Å². The molecule has 4 heteroatoms. The van der Waals surface area contributed by atoms with E-state index in [1.807, 2.05) is 6.92 Å². The topological polar surface area (TPSA) is 52.6 Å². The van der Waals surface area contributed by atoms with Gasteiger partial charge < -0.3 is 9.47 Å². The Labute approximate surface area is 173 Å². The summed E-state index contributed by atoms with van der Waals surface area (Å²) in [4.78, 5) is 23.5. The number of carbonyl (C=O) groups excluding carboxylic acids is 2. The lowest BCUT2D eigenvalue weighted by atomic mass is 10.1. The van der Waals surface area contributed by atoms with Gasteiger partial charge in [0.05, 0.1) is 6.61 Å². The normalized spacial score (nSPS) is 11.6. The molecule has 0 aliphatic rings. The molecule has 0 radical (unpaired) electrons. The van der Waals surface area contributed by atoms with Gasteiger partial charge in [-0.25, -0.2) is 0 Å². The average Bonchev–Trinajstić information content (AvgIpc) is 2.65. The van der Waals surface area contributed by atoms with E-state index >= 15 is 0 Å². The minimum absolute atomic E-state index is 0.0685. The molecule has 0 rings (SSSR count). The maximum Gasteiger partial charge on any atom is 0.307 e. The summed E-state index contributed by atoms with van der Waals surface area (Å²) in [5.74, 6) is 6.32. The van der Waals surface area contributed by atoms with Crippen molar-refractivity contribution < 1.29 is 19.1 Å². The zero-order chi connectivity index (χ0) is 21.0. The fraction of sp³-hybridized carbons (Fsp3) is 0.833. The molecule has 0 N–H and O–H groups in total. The molecule has 0 aliphatic heterocycles. The van der Waals surface area contributed by atoms with Gasteiger partial charge in [-0.1, -0.05) is 78.1 Å². The van der Waals surface area contributed by atoms with E-state index in [2.05, 4.69) is 32.6 Å². The summed E-state index contributed by atoms with van der Waals surface area (Å²) in [7, 11) is 0. The summed E-state index contributed by atoms with van der Waals surface area (Å²) in [6, 6.07) is 0. The van der Waals surface area contributed by atoms with Crippen molar-refractivity contribution in [3.05, 3.63) is 0 Å². The predicted molar refractivity (Wildman–Crippen MR) is 115 cm³/mol. The third-order valence-corrected chi connectivity index (χ3v) is 4.42. The van der Waals surface area contributed by atoms with E-state index in [1.54, 1.807) is 0 Å². The quantitative estimate of drug-likeness (QED) is 0.177. The second-order valence-corrected chi connectivity index (χ2v) is 7.83. The van der Waals surface area contributed by atoms with Gasteiger partial charge in [0, 0.05) is 19.3 Å². The first-order valence-corrected chi connectivity index (χ1v) is 11.3. The van der Waals surface area contributed by atoms with Crippen LogP contribution < -0.4 is 0 Å². The lowest BCUT2D eigenvalue weighted by molar-refractivity contribution is -0.147. The third kappa shape index (κ3) is 17.9. The van der Waals surface area contributed by atoms with Gasteiger partial charge in [-0.2, -0.15) is 0 Å². The number of hydrogen-bond donors (Lipinski definition) is 0. The first kappa shape index (κ1) is 26.5. The van der Waals surface area contributed by atoms with Crippen LogP contribution in [0.15, 0.2) is 0 Å². The highest BCUT2D eigenvalue weighted by molar-refractivity contribution is 5.70. The van der Waals surface area contributed by atoms with Crippen LogP contribution in [-0.2, 0) is 19.1 Å². The van der Waals surface area contributed by atoms with Crippen LogP contribution in [0.25, 0.3) is 0 Å². The summed E-state index contributed by atoms with van der Waals surface area (Å²) in [6.07, 6.45) is 11.5. The molecule has 0 amide bonds. The van der Waals surface area contributed by atoms with Crippen LogP contribution in [0.4, 0.5) is 0 Å². The first-order valence-electron chi connectivity index (χ1n) is 11.3. The van der Waals surface area contributed by atoms with Gasteiger partial charge in [-0.05, 0) is 31.6 Å². The molecule has 0 spiro atoms. The van der Waals surface area contributed by atoms with Crippen molar-refractivity contribution in [3.63, 3.8) is 0 Å². The first-order chi connectivity index (χ1) is 13.5. The second-order valence-electron chi connectivity index (χ2n) is 7.83. The Kier molecular flexibility index (Phi) is 17.8. The molecule has 0 aromatic rings. The predicted octanol–water partition coefficient (Wildman–Crippen LogP) is 6.21. The second kappa shape index (κ2) is 18.8. The molecule has 0 fully saturated rings. The Morgan fingerprint density at radius 1 is 0.821 bits per heavy atom. The molecular formula is C24H42O4. The molecule has 28 heavy (non-hydrogen) atoms. The summed E-state index contributed by atoms with van der Waals surface area (Å²) in [5, 5.41) is 0. The molecule has 0 aliphatic carbocycles. The number of esters is 2. The molecule has 162 valence electrons. The van der Waals surface area contributed by atoms with Crippen molar-refractivity contribution in [1.82, 2.24) is 0 Å². The molecule has 0 saturated carbocycles. The Morgan fingerprint density at radius 2 is 1.43 bits per heavy atom. The van der Waals surface area contributed by atoms with Crippen molar-refractivity contribution in [2.45, 2.75) is 117 Å². The van der Waals surface area contributed by atoms with E-state index in [9.17, 15) is 9.59 Å². The van der Waals surface area contributed by atoms with Crippen molar-refractivity contribution in [2.75, 3.05) is 6.61 Å². The standard InChI is InChI=1S/C24H42O4/c1-5-7-15-19-27-23(25)17-13-11-9-10-12-14-18-24(26)28-22(16-8-6-2)20-21(3)4/h21-22H,5-7,9-15,17-20H2,1-4H3. The summed E-state index contributed by atoms with van der Waals surface area (Å²) >= 11 is 0. The molecule has 0 saturated heterocycles. The van der Waals surface area contributed by atoms with E-state index in [0.29, 0.717) is 25.4 Å². The molecule has 4 nitrogen and oxygen atoms in total. The van der Waals surface area contributed by atoms with Crippen molar-refractivity contribution in [2.24, 2.45) is 5.92 Å². The molecule has 1 atom stereocenters. The monoisotopic (exact) mass is 394 g/mol. The maximum atomic E-state index is 12.0. The fourth-order valence-corrected chi connectivity index (χ4v) is 2.85. The van der Waals surface area contributed by atoms with E-state index < -0.39 is 0 Å². The van der Waals surface area contributed by atoms with Gasteiger partial charge in [0.15, 0.2) is 6.10 Å². The van der Waals surface area contributed by atoms with E-state index in [1.165, 1.54) is 0 Å². The van der Waals surface area contributed by atoms with Crippen LogP contribution in [0, 0.1) is 17.8 Å². The van der Waals surface area contributed by atoms with Gasteiger partial charge in [0.25, 0.3) is 0 Å². The summed E-state index contributed by atoms with van der Waals surface area (Å²) in [5.41, 5.74) is 0. The summed E-state index contributed by atoms with van der Waals surface area (Å²) in [6.45, 7) is 8.92. The van der Waals surface area contributed by atoms with Gasteiger partial charge in [0.2, 0.25) is 0 Å². The Hall–Kier alpha value is -1.50. The fourth-order valence-electron chi connectivity index (χ4n) is 2.85. The van der Waals surface area contributed by atoms with E-state index in [0.717, 1.165) is 70.6 Å². The minimum Gasteiger partial charge on any atom is -0.466 e. The Bertz CT molecular complexity index is 459. The SMILES string of the molecule is CCC#CC(CC(C)C)OC(=O)CCCCCCCCC(=O)OCCCCC. The zero-order valence-electron chi connectivity index (χ0n) is 18.7. The molecule has 0 aromatic carbocycles. The number of rotatable bonds is 16. The third-order valence-electron chi connectivity index (χ3n) is 4.42. The van der Waals surface area contributed by atoms with Gasteiger partial charge in [-0.3, -0.25) is 9.59 Å². The Morgan fingerprint density at radius 3 is 2.00 bits per heavy atom. The van der Waals surface area contributed by atoms with Gasteiger partial charge in [0.1, 0.15) is 0 Å².